The molecular formula is C34H44N2O10. The van der Waals surface area contributed by atoms with Crippen LogP contribution in [0.15, 0.2) is 60.7 Å². The summed E-state index contributed by atoms with van der Waals surface area (Å²) in [5.74, 6) is -2.44. The molecule has 2 aromatic carbocycles. The Morgan fingerprint density at radius 2 is 1.15 bits per heavy atom. The Bertz CT molecular complexity index is 1270. The third-order valence-corrected chi connectivity index (χ3v) is 7.66. The molecule has 2 saturated heterocycles. The van der Waals surface area contributed by atoms with Crippen molar-refractivity contribution in [3.8, 4) is 0 Å². The number of benzene rings is 2. The van der Waals surface area contributed by atoms with Gasteiger partial charge in [-0.1, -0.05) is 60.7 Å². The van der Waals surface area contributed by atoms with Crippen LogP contribution in [0, 0.1) is 11.8 Å². The Labute approximate surface area is 269 Å². The van der Waals surface area contributed by atoms with Gasteiger partial charge in [-0.2, -0.15) is 0 Å². The summed E-state index contributed by atoms with van der Waals surface area (Å²) in [5, 5.41) is 10.1. The van der Waals surface area contributed by atoms with E-state index in [4.69, 9.17) is 18.9 Å². The highest BCUT2D eigenvalue weighted by Gasteiger charge is 2.34. The van der Waals surface area contributed by atoms with Gasteiger partial charge in [-0.15, -0.1) is 0 Å². The molecule has 0 spiro atoms. The fourth-order valence-electron chi connectivity index (χ4n) is 5.07. The summed E-state index contributed by atoms with van der Waals surface area (Å²) in [4.78, 5) is 62.9. The molecule has 250 valence electrons. The lowest BCUT2D eigenvalue weighted by atomic mass is 9.98. The van der Waals surface area contributed by atoms with E-state index in [1.807, 2.05) is 60.7 Å². The van der Waals surface area contributed by atoms with Crippen LogP contribution in [0.4, 0.5) is 9.59 Å². The van der Waals surface area contributed by atoms with Crippen LogP contribution < -0.4 is 0 Å². The minimum atomic E-state index is -0.791. The molecule has 2 aromatic rings. The van der Waals surface area contributed by atoms with Crippen molar-refractivity contribution in [1.29, 1.82) is 0 Å². The lowest BCUT2D eigenvalue weighted by Gasteiger charge is -2.19. The molecule has 1 N–H and O–H groups in total. The summed E-state index contributed by atoms with van der Waals surface area (Å²) in [5.41, 5.74) is 1.82. The Morgan fingerprint density at radius 3 is 1.70 bits per heavy atom. The fraction of sp³-hybridized carbons (Fsp3) is 0.500. The number of hydrogen-bond donors (Lipinski definition) is 1. The van der Waals surface area contributed by atoms with Crippen molar-refractivity contribution >= 4 is 29.9 Å². The molecule has 12 nitrogen and oxygen atoms in total. The number of hydrogen-bond acceptors (Lipinski definition) is 10. The van der Waals surface area contributed by atoms with Crippen molar-refractivity contribution in [2.24, 2.45) is 11.8 Å². The second kappa shape index (κ2) is 19.2. The van der Waals surface area contributed by atoms with E-state index in [0.29, 0.717) is 32.5 Å². The van der Waals surface area contributed by atoms with Crippen molar-refractivity contribution in [3.63, 3.8) is 0 Å². The van der Waals surface area contributed by atoms with Crippen LogP contribution >= 0.6 is 0 Å². The minimum Gasteiger partial charge on any atom is -0.466 e. The predicted octanol–water partition coefficient (Wildman–Crippen LogP) is 4.13. The molecule has 2 amide bonds. The number of ketones is 1. The molecule has 12 heteroatoms. The van der Waals surface area contributed by atoms with Crippen molar-refractivity contribution in [2.45, 2.75) is 58.8 Å². The molecule has 3 atom stereocenters. The average Bonchev–Trinajstić information content (AvgIpc) is 3.39. The van der Waals surface area contributed by atoms with Crippen molar-refractivity contribution < 1.29 is 48.0 Å². The lowest BCUT2D eigenvalue weighted by Crippen LogP contribution is -2.32. The molecule has 2 heterocycles. The smallest absolute Gasteiger partial charge is 0.410 e. The van der Waals surface area contributed by atoms with Crippen LogP contribution in [0.3, 0.4) is 0 Å². The van der Waals surface area contributed by atoms with E-state index in [1.54, 1.807) is 13.8 Å². The lowest BCUT2D eigenvalue weighted by molar-refractivity contribution is -0.153. The summed E-state index contributed by atoms with van der Waals surface area (Å²) in [6.07, 6.45) is -0.551. The molecule has 3 unspecified atom stereocenters. The molecular weight excluding hydrogens is 596 g/mol. The highest BCUT2D eigenvalue weighted by atomic mass is 16.6. The second-order valence-electron chi connectivity index (χ2n) is 10.9. The van der Waals surface area contributed by atoms with Gasteiger partial charge in [-0.05, 0) is 44.2 Å². The van der Waals surface area contributed by atoms with E-state index in [0.717, 1.165) is 11.1 Å². The highest BCUT2D eigenvalue weighted by molar-refractivity contribution is 5.99. The minimum absolute atomic E-state index is 0.143. The van der Waals surface area contributed by atoms with Gasteiger partial charge >= 0.3 is 24.1 Å². The van der Waals surface area contributed by atoms with Gasteiger partial charge in [0.15, 0.2) is 0 Å². The summed E-state index contributed by atoms with van der Waals surface area (Å²) in [7, 11) is 0. The molecule has 2 aliphatic rings. The zero-order chi connectivity index (χ0) is 33.3. The number of aliphatic hydroxyl groups is 1. The maximum atomic E-state index is 12.1. The Balaban J connectivity index is 0.000000250. The van der Waals surface area contributed by atoms with Crippen LogP contribution in [0.5, 0.6) is 0 Å². The van der Waals surface area contributed by atoms with Gasteiger partial charge in [0.25, 0.3) is 0 Å². The van der Waals surface area contributed by atoms with Crippen molar-refractivity contribution in [2.75, 3.05) is 39.4 Å². The second-order valence-corrected chi connectivity index (χ2v) is 10.9. The van der Waals surface area contributed by atoms with Gasteiger partial charge in [0.2, 0.25) is 0 Å². The summed E-state index contributed by atoms with van der Waals surface area (Å²) >= 11 is 0. The standard InChI is InChI=1S/C17H23NO5.C17H21NO5/c2*1-2-22-16(20)14-8-10-18(11-9-15(14)19)17(21)23-12-13-6-4-3-5-7-13/h3-7,14-15,19H,2,8-12H2,1H3;3-7,14H,2,8-12H2,1H3. The van der Waals surface area contributed by atoms with Crippen LogP contribution in [0.2, 0.25) is 0 Å². The maximum absolute atomic E-state index is 12.1. The number of carbonyl (C=O) groups is 5. The zero-order valence-electron chi connectivity index (χ0n) is 26.5. The van der Waals surface area contributed by atoms with Crippen LogP contribution in [0.25, 0.3) is 0 Å². The van der Waals surface area contributed by atoms with E-state index in [1.165, 1.54) is 9.80 Å². The molecule has 2 aliphatic heterocycles. The summed E-state index contributed by atoms with van der Waals surface area (Å²) in [6.45, 7) is 5.66. The normalized spacial score (nSPS) is 19.8. The van der Waals surface area contributed by atoms with Crippen molar-refractivity contribution in [3.05, 3.63) is 71.8 Å². The van der Waals surface area contributed by atoms with Crippen LogP contribution in [0.1, 0.15) is 50.7 Å². The quantitative estimate of drug-likeness (QED) is 0.254. The number of aliphatic hydroxyl groups excluding tert-OH is 1. The monoisotopic (exact) mass is 640 g/mol. The number of Topliss-reactive ketones (excluding diaryl/α,β-unsaturated/α-hetero) is 1. The number of ether oxygens (including phenoxy) is 4. The van der Waals surface area contributed by atoms with Gasteiger partial charge in [-0.25, -0.2) is 9.59 Å². The first kappa shape index (κ1) is 36.0. The van der Waals surface area contributed by atoms with Crippen LogP contribution in [-0.2, 0) is 46.5 Å². The number of esters is 2. The maximum Gasteiger partial charge on any atom is 0.410 e. The number of rotatable bonds is 8. The van der Waals surface area contributed by atoms with Gasteiger partial charge in [-0.3, -0.25) is 14.4 Å². The van der Waals surface area contributed by atoms with E-state index in [-0.39, 0.29) is 51.6 Å². The molecule has 46 heavy (non-hydrogen) atoms. The Morgan fingerprint density at radius 1 is 0.674 bits per heavy atom. The van der Waals surface area contributed by atoms with Crippen LogP contribution in [-0.4, -0.2) is 90.3 Å². The van der Waals surface area contributed by atoms with E-state index >= 15 is 0 Å². The number of nitrogens with zero attached hydrogens (tertiary/aromatic N) is 2. The Kier molecular flexibility index (Phi) is 15.0. The SMILES string of the molecule is CCOC(=O)C1CCN(C(=O)OCc2ccccc2)CCC1=O.CCOC(=O)C1CCN(C(=O)OCc2ccccc2)CCC1O. The topological polar surface area (TPSA) is 149 Å². The average molecular weight is 641 g/mol. The zero-order valence-corrected chi connectivity index (χ0v) is 26.5. The molecule has 2 fully saturated rings. The third kappa shape index (κ3) is 11.5. The first-order valence-corrected chi connectivity index (χ1v) is 15.7. The van der Waals surface area contributed by atoms with Gasteiger partial charge in [0.05, 0.1) is 25.2 Å². The largest absolute Gasteiger partial charge is 0.466 e. The molecule has 0 radical (unpaired) electrons. The van der Waals surface area contributed by atoms with Gasteiger partial charge in [0.1, 0.15) is 24.9 Å². The fourth-order valence-corrected chi connectivity index (χ4v) is 5.07. The summed E-state index contributed by atoms with van der Waals surface area (Å²) < 4.78 is 20.4. The predicted molar refractivity (Wildman–Crippen MR) is 166 cm³/mol. The third-order valence-electron chi connectivity index (χ3n) is 7.66. The Hall–Kier alpha value is -4.45. The molecule has 0 bridgehead atoms. The molecule has 4 rings (SSSR count). The molecule has 0 aromatic heterocycles. The molecule has 0 aliphatic carbocycles. The van der Waals surface area contributed by atoms with E-state index in [9.17, 15) is 29.1 Å². The van der Waals surface area contributed by atoms with E-state index < -0.39 is 42.1 Å². The summed E-state index contributed by atoms with van der Waals surface area (Å²) in [6, 6.07) is 18.8. The highest BCUT2D eigenvalue weighted by Crippen LogP contribution is 2.21. The number of likely N-dealkylation sites (tertiary alicyclic amines) is 2. The van der Waals surface area contributed by atoms with Gasteiger partial charge in [0, 0.05) is 32.6 Å². The van der Waals surface area contributed by atoms with E-state index in [2.05, 4.69) is 0 Å². The van der Waals surface area contributed by atoms with Crippen molar-refractivity contribution in [1.82, 2.24) is 9.80 Å². The first-order valence-electron chi connectivity index (χ1n) is 15.7. The first-order chi connectivity index (χ1) is 22.2. The number of carbonyl (C=O) groups excluding carboxylic acids is 5. The molecule has 0 saturated carbocycles. The number of amides is 2. The van der Waals surface area contributed by atoms with Gasteiger partial charge < -0.3 is 33.9 Å².